The summed E-state index contributed by atoms with van der Waals surface area (Å²) >= 11 is 0. The zero-order valence-corrected chi connectivity index (χ0v) is 7.04. The molecule has 1 aromatic rings. The Labute approximate surface area is 74.5 Å². The van der Waals surface area contributed by atoms with Crippen LogP contribution in [0.25, 0.3) is 0 Å². The van der Waals surface area contributed by atoms with Gasteiger partial charge in [0.05, 0.1) is 7.11 Å². The molecule has 0 aromatic heterocycles. The number of halogens is 1. The molecule has 72 valence electrons. The molecule has 0 spiro atoms. The molecule has 13 heavy (non-hydrogen) atoms. The molecular weight excluding hydrogens is 177 g/mol. The highest BCUT2D eigenvalue weighted by Gasteiger charge is 2.09. The van der Waals surface area contributed by atoms with Gasteiger partial charge < -0.3 is 15.1 Å². The van der Waals surface area contributed by atoms with E-state index in [1.165, 1.54) is 13.2 Å². The Morgan fingerprint density at radius 2 is 2.23 bits per heavy atom. The first-order valence-corrected chi connectivity index (χ1v) is 3.61. The second kappa shape index (κ2) is 4.06. The van der Waals surface area contributed by atoms with Gasteiger partial charge in [-0.3, -0.25) is 0 Å². The average Bonchev–Trinajstić information content (AvgIpc) is 2.11. The molecule has 0 unspecified atom stereocenters. The van der Waals surface area contributed by atoms with Crippen molar-refractivity contribution in [3.63, 3.8) is 0 Å². The third-order valence-electron chi connectivity index (χ3n) is 1.59. The predicted octanol–water partition coefficient (Wildman–Crippen LogP) is 1.02. The second-order valence-corrected chi connectivity index (χ2v) is 2.46. The van der Waals surface area contributed by atoms with Crippen LogP contribution in [-0.2, 0) is 6.54 Å². The number of ether oxygens (including phenoxy) is 1. The number of rotatable bonds is 3. The summed E-state index contributed by atoms with van der Waals surface area (Å²) < 4.78 is 17.6. The maximum absolute atomic E-state index is 12.9. The van der Waals surface area contributed by atoms with Crippen molar-refractivity contribution >= 4 is 0 Å². The Bertz CT molecular complexity index is 304. The molecule has 1 rings (SSSR count). The van der Waals surface area contributed by atoms with Crippen molar-refractivity contribution in [2.75, 3.05) is 7.11 Å². The van der Waals surface area contributed by atoms with E-state index in [0.29, 0.717) is 5.56 Å². The molecule has 0 heterocycles. The maximum atomic E-state index is 12.9. The highest BCUT2D eigenvalue weighted by molar-refractivity contribution is 5.42. The number of hydrogen-bond acceptors (Lipinski definition) is 4. The van der Waals surface area contributed by atoms with Crippen LogP contribution in [0.15, 0.2) is 12.1 Å². The van der Waals surface area contributed by atoms with Gasteiger partial charge in [-0.2, -0.15) is 0 Å². The van der Waals surface area contributed by atoms with Crippen molar-refractivity contribution in [1.82, 2.24) is 5.48 Å². The lowest BCUT2D eigenvalue weighted by atomic mass is 10.2. The Hall–Kier alpha value is -1.33. The number of methoxy groups -OCH3 is 1. The third-order valence-corrected chi connectivity index (χ3v) is 1.59. The lowest BCUT2D eigenvalue weighted by Crippen LogP contribution is -2.06. The number of phenols is 1. The monoisotopic (exact) mass is 187 g/mol. The smallest absolute Gasteiger partial charge is 0.194 e. The SMILES string of the molecule is COc1cc(CNO)cc(F)c1O. The van der Waals surface area contributed by atoms with Crippen molar-refractivity contribution < 1.29 is 19.4 Å². The number of phenolic OH excluding ortho intramolecular Hbond substituents is 1. The van der Waals surface area contributed by atoms with Gasteiger partial charge >= 0.3 is 0 Å². The fraction of sp³-hybridized carbons (Fsp3) is 0.250. The van der Waals surface area contributed by atoms with E-state index in [1.54, 1.807) is 0 Å². The minimum Gasteiger partial charge on any atom is -0.502 e. The zero-order valence-electron chi connectivity index (χ0n) is 7.04. The first-order chi connectivity index (χ1) is 6.19. The van der Waals surface area contributed by atoms with Crippen LogP contribution in [0.3, 0.4) is 0 Å². The molecule has 0 atom stereocenters. The third kappa shape index (κ3) is 2.07. The topological polar surface area (TPSA) is 61.7 Å². The summed E-state index contributed by atoms with van der Waals surface area (Å²) in [7, 11) is 1.32. The molecule has 0 saturated carbocycles. The van der Waals surface area contributed by atoms with Crippen LogP contribution in [0.5, 0.6) is 11.5 Å². The molecule has 5 heteroatoms. The molecule has 3 N–H and O–H groups in total. The molecular formula is C8H10FNO3. The van der Waals surface area contributed by atoms with Crippen LogP contribution in [0, 0.1) is 5.82 Å². The number of hydroxylamine groups is 1. The van der Waals surface area contributed by atoms with Gasteiger partial charge in [0.15, 0.2) is 17.3 Å². The molecule has 0 fully saturated rings. The lowest BCUT2D eigenvalue weighted by molar-refractivity contribution is 0.161. The van der Waals surface area contributed by atoms with Gasteiger partial charge in [-0.15, -0.1) is 0 Å². The van der Waals surface area contributed by atoms with Crippen LogP contribution in [0.4, 0.5) is 4.39 Å². The zero-order chi connectivity index (χ0) is 9.84. The fourth-order valence-corrected chi connectivity index (χ4v) is 0.976. The van der Waals surface area contributed by atoms with Crippen LogP contribution in [0.2, 0.25) is 0 Å². The van der Waals surface area contributed by atoms with Gasteiger partial charge in [0.2, 0.25) is 0 Å². The molecule has 0 radical (unpaired) electrons. The molecule has 4 nitrogen and oxygen atoms in total. The number of benzene rings is 1. The first kappa shape index (κ1) is 9.76. The molecule has 0 saturated heterocycles. The van der Waals surface area contributed by atoms with E-state index in [4.69, 9.17) is 15.1 Å². The van der Waals surface area contributed by atoms with Crippen molar-refractivity contribution in [1.29, 1.82) is 0 Å². The molecule has 0 aliphatic heterocycles. The van der Waals surface area contributed by atoms with E-state index >= 15 is 0 Å². The average molecular weight is 187 g/mol. The van der Waals surface area contributed by atoms with Crippen molar-refractivity contribution in [3.05, 3.63) is 23.5 Å². The summed E-state index contributed by atoms with van der Waals surface area (Å²) in [6, 6.07) is 2.54. The highest BCUT2D eigenvalue weighted by Crippen LogP contribution is 2.29. The first-order valence-electron chi connectivity index (χ1n) is 3.61. The molecule has 0 amide bonds. The van der Waals surface area contributed by atoms with E-state index in [9.17, 15) is 4.39 Å². The summed E-state index contributed by atoms with van der Waals surface area (Å²) in [5, 5.41) is 17.5. The fourth-order valence-electron chi connectivity index (χ4n) is 0.976. The molecule has 0 aliphatic rings. The summed E-state index contributed by atoms with van der Waals surface area (Å²) in [6.07, 6.45) is 0. The van der Waals surface area contributed by atoms with Crippen LogP contribution >= 0.6 is 0 Å². The molecule has 0 aliphatic carbocycles. The quantitative estimate of drug-likeness (QED) is 0.618. The number of hydrogen-bond donors (Lipinski definition) is 3. The Morgan fingerprint density at radius 3 is 2.77 bits per heavy atom. The molecule has 1 aromatic carbocycles. The van der Waals surface area contributed by atoms with Crippen molar-refractivity contribution in [2.45, 2.75) is 6.54 Å². The summed E-state index contributed by atoms with van der Waals surface area (Å²) in [5.74, 6) is -1.25. The largest absolute Gasteiger partial charge is 0.502 e. The van der Waals surface area contributed by atoms with E-state index < -0.39 is 11.6 Å². The van der Waals surface area contributed by atoms with Gasteiger partial charge in [0, 0.05) is 6.54 Å². The van der Waals surface area contributed by atoms with E-state index in [0.717, 1.165) is 6.07 Å². The van der Waals surface area contributed by atoms with Crippen LogP contribution in [-0.4, -0.2) is 17.4 Å². The summed E-state index contributed by atoms with van der Waals surface area (Å²) in [5.41, 5.74) is 2.36. The van der Waals surface area contributed by atoms with Crippen molar-refractivity contribution in [3.8, 4) is 11.5 Å². The van der Waals surface area contributed by atoms with Crippen LogP contribution < -0.4 is 10.2 Å². The Balaban J connectivity index is 3.06. The van der Waals surface area contributed by atoms with Crippen LogP contribution in [0.1, 0.15) is 5.56 Å². The van der Waals surface area contributed by atoms with Gasteiger partial charge in [-0.25, -0.2) is 9.87 Å². The van der Waals surface area contributed by atoms with Gasteiger partial charge in [0.1, 0.15) is 0 Å². The Morgan fingerprint density at radius 1 is 1.54 bits per heavy atom. The minimum atomic E-state index is -0.774. The standard InChI is InChI=1S/C8H10FNO3/c1-13-7-3-5(4-10-12)2-6(9)8(7)11/h2-3,10-12H,4H2,1H3. The highest BCUT2D eigenvalue weighted by atomic mass is 19.1. The number of nitrogens with one attached hydrogen (secondary N) is 1. The van der Waals surface area contributed by atoms with Gasteiger partial charge in [0.25, 0.3) is 0 Å². The molecule has 0 bridgehead atoms. The van der Waals surface area contributed by atoms with E-state index in [-0.39, 0.29) is 12.3 Å². The Kier molecular flexibility index (Phi) is 3.05. The lowest BCUT2D eigenvalue weighted by Gasteiger charge is -2.06. The maximum Gasteiger partial charge on any atom is 0.194 e. The van der Waals surface area contributed by atoms with Gasteiger partial charge in [-0.05, 0) is 17.7 Å². The van der Waals surface area contributed by atoms with Crippen molar-refractivity contribution in [2.24, 2.45) is 0 Å². The predicted molar refractivity (Wildman–Crippen MR) is 43.2 cm³/mol. The van der Waals surface area contributed by atoms with E-state index in [2.05, 4.69) is 0 Å². The summed E-state index contributed by atoms with van der Waals surface area (Å²) in [4.78, 5) is 0. The minimum absolute atomic E-state index is 0.0465. The van der Waals surface area contributed by atoms with E-state index in [1.807, 2.05) is 5.48 Å². The summed E-state index contributed by atoms with van der Waals surface area (Å²) in [6.45, 7) is 0.0908. The second-order valence-electron chi connectivity index (χ2n) is 2.46. The van der Waals surface area contributed by atoms with Gasteiger partial charge in [-0.1, -0.05) is 0 Å². The number of aromatic hydroxyl groups is 1. The normalized spacial score (nSPS) is 10.1.